The van der Waals surface area contributed by atoms with E-state index in [1.54, 1.807) is 0 Å². The standard InChI is InChI=1S/C19H14N2S/c20-21-16-7-3-2-6-14(16)15-10-9-13-11-12-5-1-4-8-17(12)22-19(13)18(15)21/h1-10H,11,20H2. The zero-order valence-electron chi connectivity index (χ0n) is 11.9. The molecular weight excluding hydrogens is 288 g/mol. The summed E-state index contributed by atoms with van der Waals surface area (Å²) in [7, 11) is 0. The fourth-order valence-electron chi connectivity index (χ4n) is 3.42. The SMILES string of the molecule is Nn1c2ccccc2c2ccc3c(c21)Sc1ccccc1C3. The first-order valence-electron chi connectivity index (χ1n) is 7.39. The second kappa shape index (κ2) is 4.31. The minimum Gasteiger partial charge on any atom is -0.339 e. The van der Waals surface area contributed by atoms with Crippen LogP contribution in [0.2, 0.25) is 0 Å². The van der Waals surface area contributed by atoms with E-state index in [9.17, 15) is 0 Å². The molecule has 2 heterocycles. The lowest BCUT2D eigenvalue weighted by atomic mass is 10.0. The van der Waals surface area contributed by atoms with Crippen molar-refractivity contribution in [2.75, 3.05) is 5.84 Å². The minimum absolute atomic E-state index is 0.982. The molecule has 3 aromatic carbocycles. The summed E-state index contributed by atoms with van der Waals surface area (Å²) in [6, 6.07) is 21.5. The maximum Gasteiger partial charge on any atom is 0.0845 e. The topological polar surface area (TPSA) is 30.9 Å². The molecule has 0 fully saturated rings. The fraction of sp³-hybridized carbons (Fsp3) is 0.0526. The average molecular weight is 302 g/mol. The number of hydrogen-bond acceptors (Lipinski definition) is 2. The number of benzene rings is 3. The molecule has 3 heteroatoms. The van der Waals surface area contributed by atoms with Gasteiger partial charge in [-0.15, -0.1) is 0 Å². The third kappa shape index (κ3) is 1.52. The van der Waals surface area contributed by atoms with Crippen molar-refractivity contribution >= 4 is 33.6 Å². The predicted octanol–water partition coefficient (Wildman–Crippen LogP) is 4.56. The molecule has 0 atom stereocenters. The second-order valence-corrected chi connectivity index (χ2v) is 6.78. The van der Waals surface area contributed by atoms with Gasteiger partial charge in [-0.3, -0.25) is 4.68 Å². The van der Waals surface area contributed by atoms with Crippen LogP contribution < -0.4 is 5.84 Å². The van der Waals surface area contributed by atoms with Gasteiger partial charge in [-0.2, -0.15) is 0 Å². The third-order valence-corrected chi connectivity index (χ3v) is 5.75. The van der Waals surface area contributed by atoms with Crippen molar-refractivity contribution in [3.05, 3.63) is 71.8 Å². The van der Waals surface area contributed by atoms with Crippen LogP contribution in [0, 0.1) is 0 Å². The Hall–Kier alpha value is -2.39. The Kier molecular flexibility index (Phi) is 2.38. The smallest absolute Gasteiger partial charge is 0.0845 e. The molecule has 5 rings (SSSR count). The Balaban J connectivity index is 1.87. The van der Waals surface area contributed by atoms with Crippen molar-refractivity contribution < 1.29 is 0 Å². The lowest BCUT2D eigenvalue weighted by Gasteiger charge is -2.20. The highest BCUT2D eigenvalue weighted by atomic mass is 32.2. The first kappa shape index (κ1) is 12.2. The highest BCUT2D eigenvalue weighted by Crippen LogP contribution is 2.44. The molecule has 2 nitrogen and oxygen atoms in total. The van der Waals surface area contributed by atoms with Crippen molar-refractivity contribution in [1.82, 2.24) is 4.68 Å². The van der Waals surface area contributed by atoms with E-state index in [1.165, 1.54) is 31.7 Å². The summed E-state index contributed by atoms with van der Waals surface area (Å²) in [4.78, 5) is 2.64. The molecule has 0 bridgehead atoms. The van der Waals surface area contributed by atoms with Crippen LogP contribution >= 0.6 is 11.8 Å². The lowest BCUT2D eigenvalue weighted by Crippen LogP contribution is -2.09. The van der Waals surface area contributed by atoms with E-state index in [-0.39, 0.29) is 0 Å². The normalized spacial score (nSPS) is 13.3. The monoisotopic (exact) mass is 302 g/mol. The number of fused-ring (bicyclic) bond motifs is 6. The molecular formula is C19H14N2S. The Morgan fingerprint density at radius 2 is 1.64 bits per heavy atom. The summed E-state index contributed by atoms with van der Waals surface area (Å²) >= 11 is 1.84. The summed E-state index contributed by atoms with van der Waals surface area (Å²) < 4.78 is 1.85. The Morgan fingerprint density at radius 3 is 2.59 bits per heavy atom. The van der Waals surface area contributed by atoms with Crippen LogP contribution in [-0.4, -0.2) is 4.68 Å². The van der Waals surface area contributed by atoms with Gasteiger partial charge in [0.25, 0.3) is 0 Å². The van der Waals surface area contributed by atoms with Crippen LogP contribution in [0.25, 0.3) is 21.8 Å². The van der Waals surface area contributed by atoms with Gasteiger partial charge in [0.15, 0.2) is 0 Å². The molecule has 0 saturated carbocycles. The summed E-state index contributed by atoms with van der Waals surface area (Å²) in [5, 5.41) is 2.46. The second-order valence-electron chi connectivity index (χ2n) is 5.72. The van der Waals surface area contributed by atoms with E-state index >= 15 is 0 Å². The number of nitrogen functional groups attached to an aromatic ring is 1. The number of rotatable bonds is 0. The molecule has 0 amide bonds. The number of nitrogens with two attached hydrogens (primary N) is 1. The third-order valence-electron chi connectivity index (χ3n) is 4.47. The van der Waals surface area contributed by atoms with Crippen LogP contribution in [0.1, 0.15) is 11.1 Å². The van der Waals surface area contributed by atoms with Crippen molar-refractivity contribution in [2.45, 2.75) is 16.2 Å². The van der Waals surface area contributed by atoms with E-state index in [0.717, 1.165) is 17.5 Å². The average Bonchev–Trinajstić information content (AvgIpc) is 2.87. The van der Waals surface area contributed by atoms with E-state index in [1.807, 2.05) is 22.5 Å². The van der Waals surface area contributed by atoms with Gasteiger partial charge in [0.2, 0.25) is 0 Å². The molecule has 0 unspecified atom stereocenters. The van der Waals surface area contributed by atoms with Gasteiger partial charge < -0.3 is 5.84 Å². The van der Waals surface area contributed by atoms with Crippen LogP contribution in [0.4, 0.5) is 0 Å². The molecule has 0 saturated heterocycles. The van der Waals surface area contributed by atoms with Crippen LogP contribution in [0.5, 0.6) is 0 Å². The zero-order chi connectivity index (χ0) is 14.7. The molecule has 2 N–H and O–H groups in total. The van der Waals surface area contributed by atoms with Crippen molar-refractivity contribution in [3.8, 4) is 0 Å². The first-order valence-corrected chi connectivity index (χ1v) is 8.20. The van der Waals surface area contributed by atoms with Crippen LogP contribution in [0.15, 0.2) is 70.5 Å². The van der Waals surface area contributed by atoms with Gasteiger partial charge in [-0.25, -0.2) is 0 Å². The Labute approximate surface area is 132 Å². The molecule has 22 heavy (non-hydrogen) atoms. The number of para-hydroxylation sites is 1. The molecule has 0 radical (unpaired) electrons. The molecule has 4 aromatic rings. The predicted molar refractivity (Wildman–Crippen MR) is 93.0 cm³/mol. The van der Waals surface area contributed by atoms with E-state index < -0.39 is 0 Å². The summed E-state index contributed by atoms with van der Waals surface area (Å²) in [5.74, 6) is 6.42. The quantitative estimate of drug-likeness (QED) is 0.425. The zero-order valence-corrected chi connectivity index (χ0v) is 12.7. The van der Waals surface area contributed by atoms with Gasteiger partial charge in [-0.1, -0.05) is 60.3 Å². The van der Waals surface area contributed by atoms with E-state index in [0.29, 0.717) is 0 Å². The van der Waals surface area contributed by atoms with Gasteiger partial charge in [-0.05, 0) is 29.7 Å². The summed E-state index contributed by atoms with van der Waals surface area (Å²) in [6.07, 6.45) is 0.982. The molecule has 0 spiro atoms. The van der Waals surface area contributed by atoms with Crippen LogP contribution in [0.3, 0.4) is 0 Å². The number of nitrogens with zero attached hydrogens (tertiary/aromatic N) is 1. The molecule has 106 valence electrons. The first-order chi connectivity index (χ1) is 10.8. The minimum atomic E-state index is 0.982. The highest BCUT2D eigenvalue weighted by Gasteiger charge is 2.21. The van der Waals surface area contributed by atoms with Crippen molar-refractivity contribution in [3.63, 3.8) is 0 Å². The van der Waals surface area contributed by atoms with E-state index in [4.69, 9.17) is 5.84 Å². The Morgan fingerprint density at radius 1 is 0.818 bits per heavy atom. The summed E-state index contributed by atoms with van der Waals surface area (Å²) in [6.45, 7) is 0. The van der Waals surface area contributed by atoms with Crippen LogP contribution in [-0.2, 0) is 6.42 Å². The van der Waals surface area contributed by atoms with Crippen molar-refractivity contribution in [1.29, 1.82) is 0 Å². The van der Waals surface area contributed by atoms with Gasteiger partial charge in [0.05, 0.1) is 11.0 Å². The fourth-order valence-corrected chi connectivity index (χ4v) is 4.63. The van der Waals surface area contributed by atoms with Gasteiger partial charge >= 0.3 is 0 Å². The maximum atomic E-state index is 6.42. The molecule has 1 aliphatic heterocycles. The largest absolute Gasteiger partial charge is 0.339 e. The highest BCUT2D eigenvalue weighted by molar-refractivity contribution is 7.99. The van der Waals surface area contributed by atoms with Gasteiger partial charge in [0.1, 0.15) is 0 Å². The van der Waals surface area contributed by atoms with E-state index in [2.05, 4.69) is 54.6 Å². The Bertz CT molecular complexity index is 1050. The van der Waals surface area contributed by atoms with Gasteiger partial charge in [0, 0.05) is 20.6 Å². The number of hydrogen-bond donors (Lipinski definition) is 1. The summed E-state index contributed by atoms with van der Waals surface area (Å²) in [5.41, 5.74) is 5.01. The molecule has 0 aliphatic carbocycles. The molecule has 1 aliphatic rings. The molecule has 1 aromatic heterocycles. The van der Waals surface area contributed by atoms with Crippen molar-refractivity contribution in [2.24, 2.45) is 0 Å². The number of aromatic nitrogens is 1. The lowest BCUT2D eigenvalue weighted by molar-refractivity contribution is 1.03. The maximum absolute atomic E-state index is 6.42.